The maximum atomic E-state index is 13.0. The van der Waals surface area contributed by atoms with Gasteiger partial charge >= 0.3 is 0 Å². The van der Waals surface area contributed by atoms with Gasteiger partial charge in [0.05, 0.1) is 6.61 Å². The van der Waals surface area contributed by atoms with E-state index in [-0.39, 0.29) is 11.8 Å². The van der Waals surface area contributed by atoms with Gasteiger partial charge in [-0.15, -0.1) is 0 Å². The lowest BCUT2D eigenvalue weighted by Gasteiger charge is -2.30. The van der Waals surface area contributed by atoms with Gasteiger partial charge in [0, 0.05) is 19.5 Å². The van der Waals surface area contributed by atoms with Crippen LogP contribution in [0.5, 0.6) is 5.75 Å². The van der Waals surface area contributed by atoms with Gasteiger partial charge in [0.1, 0.15) is 11.8 Å². The average molecular weight is 383 g/mol. The number of ether oxygens (including phenoxy) is 1. The first-order valence-electron chi connectivity index (χ1n) is 9.94. The Hall–Kier alpha value is -2.82. The maximum absolute atomic E-state index is 13.0. The lowest BCUT2D eigenvalue weighted by atomic mass is 10.1. The lowest BCUT2D eigenvalue weighted by molar-refractivity contribution is -0.141. The third-order valence-electron chi connectivity index (χ3n) is 4.48. The Morgan fingerprint density at radius 2 is 1.64 bits per heavy atom. The smallest absolute Gasteiger partial charge is 0.242 e. The fraction of sp³-hybridized carbons (Fsp3) is 0.391. The fourth-order valence-electron chi connectivity index (χ4n) is 3.07. The van der Waals surface area contributed by atoms with Crippen LogP contribution in [0.2, 0.25) is 0 Å². The molecule has 2 rings (SSSR count). The molecular formula is C23H30N2O3. The number of para-hydroxylation sites is 1. The van der Waals surface area contributed by atoms with Crippen molar-refractivity contribution in [3.8, 4) is 5.75 Å². The largest absolute Gasteiger partial charge is 0.494 e. The minimum atomic E-state index is -0.470. The van der Waals surface area contributed by atoms with Crippen LogP contribution in [0, 0.1) is 0 Å². The van der Waals surface area contributed by atoms with E-state index in [1.165, 1.54) is 0 Å². The normalized spacial score (nSPS) is 11.5. The molecule has 0 aliphatic rings. The van der Waals surface area contributed by atoms with Gasteiger partial charge in [-0.3, -0.25) is 9.59 Å². The van der Waals surface area contributed by atoms with Gasteiger partial charge in [0.25, 0.3) is 0 Å². The van der Waals surface area contributed by atoms with Crippen molar-refractivity contribution in [3.63, 3.8) is 0 Å². The van der Waals surface area contributed by atoms with Crippen molar-refractivity contribution in [3.05, 3.63) is 66.2 Å². The van der Waals surface area contributed by atoms with Crippen molar-refractivity contribution < 1.29 is 14.3 Å². The van der Waals surface area contributed by atoms with Crippen LogP contribution < -0.4 is 10.1 Å². The summed E-state index contributed by atoms with van der Waals surface area (Å²) in [5.74, 6) is 0.665. The van der Waals surface area contributed by atoms with Crippen molar-refractivity contribution >= 4 is 11.8 Å². The van der Waals surface area contributed by atoms with Crippen LogP contribution in [0.15, 0.2) is 60.7 Å². The molecule has 0 fully saturated rings. The van der Waals surface area contributed by atoms with Crippen LogP contribution in [-0.2, 0) is 16.1 Å². The fourth-order valence-corrected chi connectivity index (χ4v) is 3.07. The van der Waals surface area contributed by atoms with E-state index in [0.29, 0.717) is 39.0 Å². The molecule has 0 aliphatic heterocycles. The Bertz CT molecular complexity index is 719. The highest BCUT2D eigenvalue weighted by Gasteiger charge is 2.27. The van der Waals surface area contributed by atoms with E-state index in [2.05, 4.69) is 5.32 Å². The second kappa shape index (κ2) is 11.8. The number of nitrogens with zero attached hydrogens (tertiary/aromatic N) is 1. The number of amides is 2. The molecule has 0 radical (unpaired) electrons. The molecule has 5 nitrogen and oxygen atoms in total. The van der Waals surface area contributed by atoms with Gasteiger partial charge in [-0.1, -0.05) is 55.5 Å². The van der Waals surface area contributed by atoms with Crippen LogP contribution in [-0.4, -0.2) is 35.9 Å². The van der Waals surface area contributed by atoms with Crippen LogP contribution >= 0.6 is 0 Å². The monoisotopic (exact) mass is 382 g/mol. The molecule has 0 unspecified atom stereocenters. The van der Waals surface area contributed by atoms with Crippen molar-refractivity contribution in [2.24, 2.45) is 0 Å². The zero-order chi connectivity index (χ0) is 20.2. The number of likely N-dealkylation sites (N-methyl/N-ethyl adjacent to an activating group) is 1. The van der Waals surface area contributed by atoms with Crippen molar-refractivity contribution in [1.82, 2.24) is 10.2 Å². The summed E-state index contributed by atoms with van der Waals surface area (Å²) in [7, 11) is 0. The van der Waals surface area contributed by atoms with Crippen molar-refractivity contribution in [1.29, 1.82) is 0 Å². The SMILES string of the molecule is CCNC(=O)[C@H](CC)N(Cc1ccccc1)C(=O)CCCOc1ccccc1. The van der Waals surface area contributed by atoms with Gasteiger partial charge < -0.3 is 15.0 Å². The lowest BCUT2D eigenvalue weighted by Crippen LogP contribution is -2.49. The zero-order valence-corrected chi connectivity index (χ0v) is 16.8. The number of rotatable bonds is 11. The summed E-state index contributed by atoms with van der Waals surface area (Å²) in [4.78, 5) is 27.2. The van der Waals surface area contributed by atoms with Crippen molar-refractivity contribution in [2.45, 2.75) is 45.7 Å². The molecule has 2 aromatic rings. The number of benzene rings is 2. The minimum absolute atomic E-state index is 0.0291. The van der Waals surface area contributed by atoms with E-state index in [4.69, 9.17) is 4.74 Å². The van der Waals surface area contributed by atoms with Crippen LogP contribution in [0.4, 0.5) is 0 Å². The van der Waals surface area contributed by atoms with E-state index >= 15 is 0 Å². The van der Waals surface area contributed by atoms with E-state index in [1.807, 2.05) is 74.5 Å². The van der Waals surface area contributed by atoms with Crippen molar-refractivity contribution in [2.75, 3.05) is 13.2 Å². The van der Waals surface area contributed by atoms with E-state index in [9.17, 15) is 9.59 Å². The van der Waals surface area contributed by atoms with Crippen LogP contribution in [0.1, 0.15) is 38.7 Å². The number of hydrogen-bond acceptors (Lipinski definition) is 3. The Morgan fingerprint density at radius 1 is 1.00 bits per heavy atom. The molecule has 0 bridgehead atoms. The molecule has 1 atom stereocenters. The second-order valence-corrected chi connectivity index (χ2v) is 6.59. The molecule has 0 saturated carbocycles. The van der Waals surface area contributed by atoms with E-state index in [1.54, 1.807) is 4.90 Å². The third kappa shape index (κ3) is 6.72. The summed E-state index contributed by atoms with van der Waals surface area (Å²) in [6.45, 7) is 5.26. The number of nitrogens with one attached hydrogen (secondary N) is 1. The summed E-state index contributed by atoms with van der Waals surface area (Å²) in [6.07, 6.45) is 1.52. The highest BCUT2D eigenvalue weighted by atomic mass is 16.5. The highest BCUT2D eigenvalue weighted by molar-refractivity contribution is 5.87. The number of carbonyl (C=O) groups excluding carboxylic acids is 2. The molecular weight excluding hydrogens is 352 g/mol. The summed E-state index contributed by atoms with van der Waals surface area (Å²) in [5.41, 5.74) is 1.01. The Morgan fingerprint density at radius 3 is 2.25 bits per heavy atom. The van der Waals surface area contributed by atoms with Crippen LogP contribution in [0.25, 0.3) is 0 Å². The Balaban J connectivity index is 1.99. The second-order valence-electron chi connectivity index (χ2n) is 6.59. The molecule has 2 amide bonds. The number of hydrogen-bond donors (Lipinski definition) is 1. The molecule has 0 spiro atoms. The molecule has 1 N–H and O–H groups in total. The van der Waals surface area contributed by atoms with E-state index < -0.39 is 6.04 Å². The zero-order valence-electron chi connectivity index (χ0n) is 16.8. The van der Waals surface area contributed by atoms with Gasteiger partial charge in [-0.2, -0.15) is 0 Å². The number of carbonyl (C=O) groups is 2. The predicted molar refractivity (Wildman–Crippen MR) is 111 cm³/mol. The van der Waals surface area contributed by atoms with Crippen LogP contribution in [0.3, 0.4) is 0 Å². The quantitative estimate of drug-likeness (QED) is 0.602. The molecule has 0 saturated heterocycles. The summed E-state index contributed by atoms with van der Waals surface area (Å²) < 4.78 is 5.68. The summed E-state index contributed by atoms with van der Waals surface area (Å²) in [6, 6.07) is 18.9. The minimum Gasteiger partial charge on any atom is -0.494 e. The molecule has 28 heavy (non-hydrogen) atoms. The van der Waals surface area contributed by atoms with Gasteiger partial charge in [-0.05, 0) is 37.5 Å². The highest BCUT2D eigenvalue weighted by Crippen LogP contribution is 2.15. The summed E-state index contributed by atoms with van der Waals surface area (Å²) in [5, 5.41) is 2.85. The first-order chi connectivity index (χ1) is 13.7. The first kappa shape index (κ1) is 21.5. The van der Waals surface area contributed by atoms with E-state index in [0.717, 1.165) is 11.3 Å². The predicted octanol–water partition coefficient (Wildman–Crippen LogP) is 3.79. The topological polar surface area (TPSA) is 58.6 Å². The molecule has 0 aliphatic carbocycles. The maximum Gasteiger partial charge on any atom is 0.242 e. The average Bonchev–Trinajstić information content (AvgIpc) is 2.72. The molecule has 0 heterocycles. The van der Waals surface area contributed by atoms with Gasteiger partial charge in [0.2, 0.25) is 11.8 Å². The summed E-state index contributed by atoms with van der Waals surface area (Å²) >= 11 is 0. The van der Waals surface area contributed by atoms with Gasteiger partial charge in [-0.25, -0.2) is 0 Å². The first-order valence-corrected chi connectivity index (χ1v) is 9.94. The van der Waals surface area contributed by atoms with Gasteiger partial charge in [0.15, 0.2) is 0 Å². The molecule has 150 valence electrons. The third-order valence-corrected chi connectivity index (χ3v) is 4.48. The molecule has 5 heteroatoms. The Labute approximate surface area is 167 Å². The standard InChI is InChI=1S/C23H30N2O3/c1-3-21(23(27)24-4-2)25(18-19-12-7-5-8-13-19)22(26)16-11-17-28-20-14-9-6-10-15-20/h5-10,12-15,21H,3-4,11,16-18H2,1-2H3,(H,24,27)/t21-/m0/s1. The Kier molecular flexibility index (Phi) is 9.05. The molecule has 0 aromatic heterocycles. The molecule has 2 aromatic carbocycles.